The molecule has 1 aromatic rings. The second-order valence-electron chi connectivity index (χ2n) is 4.36. The van der Waals surface area contributed by atoms with Gasteiger partial charge < -0.3 is 10.2 Å². The number of benzene rings is 1. The molecule has 0 aliphatic carbocycles. The van der Waals surface area contributed by atoms with Crippen LogP contribution in [0.5, 0.6) is 0 Å². The monoisotopic (exact) mass is 283 g/mol. The Balaban J connectivity index is 2.02. The number of nitro groups is 1. The first kappa shape index (κ1) is 13.6. The van der Waals surface area contributed by atoms with Crippen molar-refractivity contribution in [3.05, 3.63) is 33.3 Å². The number of amides is 1. The predicted octanol–water partition coefficient (Wildman–Crippen LogP) is 2.28. The molecular weight excluding hydrogens is 270 g/mol. The van der Waals surface area contributed by atoms with Crippen molar-refractivity contribution >= 4 is 28.9 Å². The molecule has 0 atom stereocenters. The molecule has 1 heterocycles. The summed E-state index contributed by atoms with van der Waals surface area (Å²) in [4.78, 5) is 24.0. The fourth-order valence-corrected chi connectivity index (χ4v) is 2.22. The lowest BCUT2D eigenvalue weighted by Crippen LogP contribution is -2.33. The maximum atomic E-state index is 11.8. The number of carbonyl (C=O) groups is 1. The number of halogens is 1. The Morgan fingerprint density at radius 3 is 2.74 bits per heavy atom. The Bertz CT molecular complexity index is 501. The highest BCUT2D eigenvalue weighted by atomic mass is 35.5. The molecule has 1 saturated heterocycles. The molecule has 1 aliphatic rings. The smallest absolute Gasteiger partial charge is 0.293 e. The van der Waals surface area contributed by atoms with Crippen LogP contribution in [0.1, 0.15) is 12.8 Å². The van der Waals surface area contributed by atoms with Gasteiger partial charge in [0.25, 0.3) is 5.69 Å². The Morgan fingerprint density at radius 1 is 1.42 bits per heavy atom. The lowest BCUT2D eigenvalue weighted by molar-refractivity contribution is -0.383. The second kappa shape index (κ2) is 5.88. The summed E-state index contributed by atoms with van der Waals surface area (Å²) in [6, 6.07) is 4.33. The van der Waals surface area contributed by atoms with Gasteiger partial charge in [-0.3, -0.25) is 14.9 Å². The Hall–Kier alpha value is -1.82. The zero-order valence-corrected chi connectivity index (χ0v) is 11.0. The summed E-state index contributed by atoms with van der Waals surface area (Å²) < 4.78 is 0. The Morgan fingerprint density at radius 2 is 2.11 bits per heavy atom. The van der Waals surface area contributed by atoms with E-state index >= 15 is 0 Å². The van der Waals surface area contributed by atoms with Crippen LogP contribution in [0, 0.1) is 10.1 Å². The average molecular weight is 284 g/mol. The van der Waals surface area contributed by atoms with E-state index in [4.69, 9.17) is 11.6 Å². The minimum absolute atomic E-state index is 0.0400. The standard InChI is InChI=1S/C12H14ClN3O3/c13-9-3-4-10(11(7-9)16(18)19)14-8-12(17)15-5-1-2-6-15/h3-4,7,14H,1-2,5-6,8H2. The topological polar surface area (TPSA) is 75.5 Å². The number of nitrogens with zero attached hydrogens (tertiary/aromatic N) is 2. The zero-order chi connectivity index (χ0) is 13.8. The van der Waals surface area contributed by atoms with Gasteiger partial charge in [-0.1, -0.05) is 11.6 Å². The van der Waals surface area contributed by atoms with Crippen LogP contribution < -0.4 is 5.32 Å². The van der Waals surface area contributed by atoms with Gasteiger partial charge in [0.2, 0.25) is 5.91 Å². The molecule has 0 bridgehead atoms. The quantitative estimate of drug-likeness (QED) is 0.679. The van der Waals surface area contributed by atoms with Crippen molar-refractivity contribution < 1.29 is 9.72 Å². The van der Waals surface area contributed by atoms with E-state index in [1.165, 1.54) is 12.1 Å². The van der Waals surface area contributed by atoms with Crippen molar-refractivity contribution in [3.8, 4) is 0 Å². The van der Waals surface area contributed by atoms with E-state index in [-0.39, 0.29) is 18.1 Å². The minimum atomic E-state index is -0.519. The van der Waals surface area contributed by atoms with Crippen LogP contribution >= 0.6 is 11.6 Å². The second-order valence-corrected chi connectivity index (χ2v) is 4.80. The first-order chi connectivity index (χ1) is 9.08. The summed E-state index contributed by atoms with van der Waals surface area (Å²) in [7, 11) is 0. The van der Waals surface area contributed by atoms with E-state index in [0.717, 1.165) is 25.9 Å². The lowest BCUT2D eigenvalue weighted by Gasteiger charge is -2.15. The molecule has 2 rings (SSSR count). The van der Waals surface area contributed by atoms with Gasteiger partial charge in [0.1, 0.15) is 5.69 Å². The van der Waals surface area contributed by atoms with Crippen LogP contribution in [0.25, 0.3) is 0 Å². The van der Waals surface area contributed by atoms with Crippen LogP contribution in [0.15, 0.2) is 18.2 Å². The maximum Gasteiger partial charge on any atom is 0.293 e. The zero-order valence-electron chi connectivity index (χ0n) is 10.3. The molecule has 0 radical (unpaired) electrons. The SMILES string of the molecule is O=C(CNc1ccc(Cl)cc1[N+](=O)[O-])N1CCCC1. The first-order valence-corrected chi connectivity index (χ1v) is 6.41. The summed E-state index contributed by atoms with van der Waals surface area (Å²) in [5.74, 6) is -0.0400. The highest BCUT2D eigenvalue weighted by molar-refractivity contribution is 6.30. The lowest BCUT2D eigenvalue weighted by atomic mass is 10.2. The number of rotatable bonds is 4. The van der Waals surface area contributed by atoms with Crippen molar-refractivity contribution in [2.24, 2.45) is 0 Å². The van der Waals surface area contributed by atoms with Crippen LogP contribution in [0.2, 0.25) is 5.02 Å². The van der Waals surface area contributed by atoms with E-state index in [1.807, 2.05) is 0 Å². The van der Waals surface area contributed by atoms with Crippen LogP contribution in [0.3, 0.4) is 0 Å². The number of hydrogen-bond donors (Lipinski definition) is 1. The molecule has 1 aliphatic heterocycles. The molecule has 0 spiro atoms. The molecule has 1 aromatic carbocycles. The Kier molecular flexibility index (Phi) is 4.21. The van der Waals surface area contributed by atoms with Gasteiger partial charge in [-0.2, -0.15) is 0 Å². The van der Waals surface area contributed by atoms with Gasteiger partial charge in [0.15, 0.2) is 0 Å². The third-order valence-corrected chi connectivity index (χ3v) is 3.28. The number of likely N-dealkylation sites (tertiary alicyclic amines) is 1. The van der Waals surface area contributed by atoms with Gasteiger partial charge in [-0.25, -0.2) is 0 Å². The predicted molar refractivity (Wildman–Crippen MR) is 72.4 cm³/mol. The minimum Gasteiger partial charge on any atom is -0.371 e. The van der Waals surface area contributed by atoms with Crippen molar-refractivity contribution in [2.75, 3.05) is 25.0 Å². The number of hydrogen-bond acceptors (Lipinski definition) is 4. The summed E-state index contributed by atoms with van der Waals surface area (Å²) in [5.41, 5.74) is 0.184. The number of anilines is 1. The molecule has 0 unspecified atom stereocenters. The molecule has 0 saturated carbocycles. The van der Waals surface area contributed by atoms with E-state index in [0.29, 0.717) is 10.7 Å². The van der Waals surface area contributed by atoms with E-state index in [9.17, 15) is 14.9 Å². The number of nitrogens with one attached hydrogen (secondary N) is 1. The number of nitro benzene ring substituents is 1. The van der Waals surface area contributed by atoms with Gasteiger partial charge in [-0.15, -0.1) is 0 Å². The van der Waals surface area contributed by atoms with Crippen LogP contribution in [-0.4, -0.2) is 35.4 Å². The van der Waals surface area contributed by atoms with E-state index in [2.05, 4.69) is 5.32 Å². The molecule has 1 N–H and O–H groups in total. The third-order valence-electron chi connectivity index (χ3n) is 3.05. The molecule has 102 valence electrons. The summed E-state index contributed by atoms with van der Waals surface area (Å²) in [6.45, 7) is 1.59. The normalized spacial score (nSPS) is 14.5. The fraction of sp³-hybridized carbons (Fsp3) is 0.417. The molecule has 6 nitrogen and oxygen atoms in total. The van der Waals surface area contributed by atoms with Crippen LogP contribution in [0.4, 0.5) is 11.4 Å². The van der Waals surface area contributed by atoms with Crippen molar-refractivity contribution in [3.63, 3.8) is 0 Å². The van der Waals surface area contributed by atoms with Gasteiger partial charge in [0.05, 0.1) is 11.5 Å². The van der Waals surface area contributed by atoms with Crippen molar-refractivity contribution in [1.29, 1.82) is 0 Å². The van der Waals surface area contributed by atoms with Crippen LogP contribution in [-0.2, 0) is 4.79 Å². The summed E-state index contributed by atoms with van der Waals surface area (Å²) in [5, 5.41) is 14.0. The molecule has 19 heavy (non-hydrogen) atoms. The molecule has 1 fully saturated rings. The first-order valence-electron chi connectivity index (χ1n) is 6.03. The largest absolute Gasteiger partial charge is 0.371 e. The summed E-state index contributed by atoms with van der Waals surface area (Å²) in [6.07, 6.45) is 2.04. The van der Waals surface area contributed by atoms with Gasteiger partial charge in [-0.05, 0) is 25.0 Å². The van der Waals surface area contributed by atoms with Gasteiger partial charge >= 0.3 is 0 Å². The number of carbonyl (C=O) groups excluding carboxylic acids is 1. The van der Waals surface area contributed by atoms with Gasteiger partial charge in [0, 0.05) is 24.2 Å². The maximum absolute atomic E-state index is 11.8. The van der Waals surface area contributed by atoms with E-state index in [1.54, 1.807) is 11.0 Å². The van der Waals surface area contributed by atoms with Crippen molar-refractivity contribution in [1.82, 2.24) is 4.90 Å². The molecule has 7 heteroatoms. The third kappa shape index (κ3) is 3.35. The Labute approximate surface area is 115 Å². The highest BCUT2D eigenvalue weighted by Crippen LogP contribution is 2.27. The average Bonchev–Trinajstić information content (AvgIpc) is 2.90. The molecular formula is C12H14ClN3O3. The fourth-order valence-electron chi connectivity index (χ4n) is 2.05. The molecule has 0 aromatic heterocycles. The highest BCUT2D eigenvalue weighted by Gasteiger charge is 2.19. The van der Waals surface area contributed by atoms with E-state index < -0.39 is 4.92 Å². The summed E-state index contributed by atoms with van der Waals surface area (Å²) >= 11 is 5.72. The molecule has 1 amide bonds. The van der Waals surface area contributed by atoms with Crippen molar-refractivity contribution in [2.45, 2.75) is 12.8 Å².